The number of allylic oxidation sites excluding steroid dienone is 3. The van der Waals surface area contributed by atoms with Gasteiger partial charge in [-0.3, -0.25) is 0 Å². The molecule has 1 unspecified atom stereocenters. The molecule has 108 valence electrons. The average molecular weight is 287 g/mol. The molecule has 0 N–H and O–H groups in total. The summed E-state index contributed by atoms with van der Waals surface area (Å²) >= 11 is 0. The highest BCUT2D eigenvalue weighted by atomic mass is 31.1. The third-order valence-corrected chi connectivity index (χ3v) is 6.51. The van der Waals surface area contributed by atoms with Crippen LogP contribution in [0.25, 0.3) is 0 Å². The summed E-state index contributed by atoms with van der Waals surface area (Å²) in [5, 5.41) is 3.04. The zero-order valence-corrected chi connectivity index (χ0v) is 14.2. The smallest absolute Gasteiger partial charge is 0.0508 e. The Balaban J connectivity index is 2.50. The van der Waals surface area contributed by atoms with E-state index in [2.05, 4.69) is 81.9 Å². The summed E-state index contributed by atoms with van der Waals surface area (Å²) in [6, 6.07) is 11.0. The maximum atomic E-state index is 2.59. The number of hydrogen-bond acceptors (Lipinski definition) is 1. The van der Waals surface area contributed by atoms with E-state index in [9.17, 15) is 0 Å². The molecule has 0 amide bonds. The molecule has 0 aliphatic carbocycles. The van der Waals surface area contributed by atoms with Crippen molar-refractivity contribution in [1.29, 1.82) is 0 Å². The van der Waals surface area contributed by atoms with E-state index in [0.29, 0.717) is 0 Å². The second kappa shape index (κ2) is 6.14. The summed E-state index contributed by atoms with van der Waals surface area (Å²) in [6.45, 7) is 11.5. The van der Waals surface area contributed by atoms with E-state index in [1.807, 2.05) is 0 Å². The maximum absolute atomic E-state index is 2.59. The Morgan fingerprint density at radius 2 is 1.65 bits per heavy atom. The van der Waals surface area contributed by atoms with Crippen LogP contribution in [0.4, 0.5) is 0 Å². The van der Waals surface area contributed by atoms with Crippen molar-refractivity contribution in [2.24, 2.45) is 0 Å². The molecule has 1 heterocycles. The Labute approximate surface area is 125 Å². The minimum atomic E-state index is -0.396. The topological polar surface area (TPSA) is 3.24 Å². The van der Waals surface area contributed by atoms with Crippen LogP contribution in [0.1, 0.15) is 47.5 Å². The van der Waals surface area contributed by atoms with Gasteiger partial charge >= 0.3 is 0 Å². The van der Waals surface area contributed by atoms with E-state index >= 15 is 0 Å². The monoisotopic (exact) mass is 287 g/mol. The van der Waals surface area contributed by atoms with Crippen molar-refractivity contribution in [3.8, 4) is 0 Å². The summed E-state index contributed by atoms with van der Waals surface area (Å²) in [5.74, 6) is 0. The SMILES string of the molecule is CCC1=CN(C(C)(C)C)P(c2ccccc2)C(CC)=C1. The first-order valence-corrected chi connectivity index (χ1v) is 8.82. The first kappa shape index (κ1) is 15.3. The standard InChI is InChI=1S/C18H26NP/c1-6-15-13-16(7-2)20(17-11-9-8-10-12-17)19(14-15)18(3,4)5/h8-14H,6-7H2,1-5H3. The van der Waals surface area contributed by atoms with Crippen molar-refractivity contribution < 1.29 is 0 Å². The quantitative estimate of drug-likeness (QED) is 0.672. The second-order valence-corrected chi connectivity index (χ2v) is 8.35. The van der Waals surface area contributed by atoms with Gasteiger partial charge in [0.2, 0.25) is 0 Å². The maximum Gasteiger partial charge on any atom is 0.0508 e. The Morgan fingerprint density at radius 1 is 1.00 bits per heavy atom. The molecule has 0 fully saturated rings. The Kier molecular flexibility index (Phi) is 4.70. The molecule has 1 nitrogen and oxygen atoms in total. The molecular weight excluding hydrogens is 261 g/mol. The van der Waals surface area contributed by atoms with Crippen LogP contribution >= 0.6 is 8.07 Å². The molecule has 2 heteroatoms. The Hall–Kier alpha value is -1.07. The first-order valence-electron chi connectivity index (χ1n) is 7.53. The predicted octanol–water partition coefficient (Wildman–Crippen LogP) is 5.41. The van der Waals surface area contributed by atoms with Gasteiger partial charge in [-0.25, -0.2) is 0 Å². The molecular formula is C18H26NP. The van der Waals surface area contributed by atoms with Gasteiger partial charge in [0, 0.05) is 17.0 Å². The molecule has 1 aliphatic rings. The van der Waals surface area contributed by atoms with Crippen molar-refractivity contribution in [3.05, 3.63) is 53.5 Å². The van der Waals surface area contributed by atoms with Gasteiger partial charge < -0.3 is 4.67 Å². The summed E-state index contributed by atoms with van der Waals surface area (Å²) in [5.41, 5.74) is 1.60. The highest BCUT2D eigenvalue weighted by Crippen LogP contribution is 2.55. The van der Waals surface area contributed by atoms with Crippen LogP contribution in [-0.4, -0.2) is 10.2 Å². The fourth-order valence-electron chi connectivity index (χ4n) is 2.46. The van der Waals surface area contributed by atoms with E-state index in [0.717, 1.165) is 12.8 Å². The highest BCUT2D eigenvalue weighted by molar-refractivity contribution is 7.67. The minimum absolute atomic E-state index is 0.149. The summed E-state index contributed by atoms with van der Waals surface area (Å²) < 4.78 is 2.59. The Bertz CT molecular complexity index is 508. The van der Waals surface area contributed by atoms with Gasteiger partial charge in [-0.05, 0) is 44.5 Å². The predicted molar refractivity (Wildman–Crippen MR) is 91.3 cm³/mol. The van der Waals surface area contributed by atoms with Crippen molar-refractivity contribution in [2.45, 2.75) is 53.0 Å². The van der Waals surface area contributed by atoms with E-state index in [1.54, 1.807) is 5.31 Å². The lowest BCUT2D eigenvalue weighted by Gasteiger charge is -2.44. The molecule has 0 bridgehead atoms. The van der Waals surface area contributed by atoms with Gasteiger partial charge in [0.05, 0.1) is 8.07 Å². The fourth-order valence-corrected chi connectivity index (χ4v) is 5.23. The molecule has 20 heavy (non-hydrogen) atoms. The molecule has 0 aromatic heterocycles. The van der Waals surface area contributed by atoms with Gasteiger partial charge in [-0.1, -0.05) is 50.3 Å². The van der Waals surface area contributed by atoms with Crippen LogP contribution in [0.5, 0.6) is 0 Å². The second-order valence-electron chi connectivity index (χ2n) is 6.21. The molecule has 1 atom stereocenters. The van der Waals surface area contributed by atoms with Gasteiger partial charge in [0.25, 0.3) is 0 Å². The zero-order chi connectivity index (χ0) is 14.8. The lowest BCUT2D eigenvalue weighted by molar-refractivity contribution is 0.338. The number of rotatable bonds is 3. The van der Waals surface area contributed by atoms with E-state index in [4.69, 9.17) is 0 Å². The van der Waals surface area contributed by atoms with Crippen LogP contribution in [-0.2, 0) is 0 Å². The molecule has 1 aliphatic heterocycles. The lowest BCUT2D eigenvalue weighted by atomic mass is 10.1. The summed E-state index contributed by atoms with van der Waals surface area (Å²) in [4.78, 5) is 0. The molecule has 0 saturated carbocycles. The van der Waals surface area contributed by atoms with E-state index < -0.39 is 8.07 Å². The van der Waals surface area contributed by atoms with Crippen LogP contribution in [0, 0.1) is 0 Å². The van der Waals surface area contributed by atoms with E-state index in [1.165, 1.54) is 10.9 Å². The molecule has 1 aromatic rings. The van der Waals surface area contributed by atoms with Gasteiger partial charge in [-0.2, -0.15) is 0 Å². The first-order chi connectivity index (χ1) is 9.47. The third kappa shape index (κ3) is 3.15. The van der Waals surface area contributed by atoms with Crippen molar-refractivity contribution >= 4 is 13.4 Å². The van der Waals surface area contributed by atoms with Crippen LogP contribution in [0.3, 0.4) is 0 Å². The van der Waals surface area contributed by atoms with Crippen molar-refractivity contribution in [2.75, 3.05) is 0 Å². The molecule has 2 rings (SSSR count). The van der Waals surface area contributed by atoms with Gasteiger partial charge in [-0.15, -0.1) is 0 Å². The Morgan fingerprint density at radius 3 is 2.15 bits per heavy atom. The fraction of sp³-hybridized carbons (Fsp3) is 0.444. The van der Waals surface area contributed by atoms with Crippen molar-refractivity contribution in [1.82, 2.24) is 4.67 Å². The van der Waals surface area contributed by atoms with Crippen LogP contribution in [0.2, 0.25) is 0 Å². The van der Waals surface area contributed by atoms with E-state index in [-0.39, 0.29) is 5.54 Å². The van der Waals surface area contributed by atoms with Gasteiger partial charge in [0.1, 0.15) is 0 Å². The number of nitrogens with zero attached hydrogens (tertiary/aromatic N) is 1. The normalized spacial score (nSPS) is 19.6. The largest absolute Gasteiger partial charge is 0.344 e. The highest BCUT2D eigenvalue weighted by Gasteiger charge is 2.32. The minimum Gasteiger partial charge on any atom is -0.344 e. The average Bonchev–Trinajstić information content (AvgIpc) is 2.45. The zero-order valence-electron chi connectivity index (χ0n) is 13.4. The number of hydrogen-bond donors (Lipinski definition) is 0. The number of benzene rings is 1. The summed E-state index contributed by atoms with van der Waals surface area (Å²) in [7, 11) is -0.396. The molecule has 0 spiro atoms. The molecule has 1 aromatic carbocycles. The molecule has 0 saturated heterocycles. The summed E-state index contributed by atoms with van der Waals surface area (Å²) in [6.07, 6.45) is 7.05. The third-order valence-electron chi connectivity index (χ3n) is 3.59. The van der Waals surface area contributed by atoms with Crippen LogP contribution < -0.4 is 5.30 Å². The molecule has 0 radical (unpaired) electrons. The van der Waals surface area contributed by atoms with Crippen molar-refractivity contribution in [3.63, 3.8) is 0 Å². The van der Waals surface area contributed by atoms with Gasteiger partial charge in [0.15, 0.2) is 0 Å². The van der Waals surface area contributed by atoms with Crippen LogP contribution in [0.15, 0.2) is 53.5 Å². The lowest BCUT2D eigenvalue weighted by Crippen LogP contribution is -2.37.